The third-order valence-electron chi connectivity index (χ3n) is 3.58. The minimum atomic E-state index is -0.562. The molecule has 0 bridgehead atoms. The highest BCUT2D eigenvalue weighted by Crippen LogP contribution is 2.27. The zero-order valence-electron chi connectivity index (χ0n) is 14.6. The van der Waals surface area contributed by atoms with Crippen molar-refractivity contribution >= 4 is 17.1 Å². The van der Waals surface area contributed by atoms with Crippen LogP contribution in [0.1, 0.15) is 38.1 Å². The van der Waals surface area contributed by atoms with Gasteiger partial charge in [0.15, 0.2) is 0 Å². The highest BCUT2D eigenvalue weighted by atomic mass is 16.6. The number of furan rings is 1. The van der Waals surface area contributed by atoms with Gasteiger partial charge in [0, 0.05) is 5.39 Å². The number of carbonyl (C=O) groups is 1. The second-order valence-electron chi connectivity index (χ2n) is 6.80. The molecule has 0 saturated carbocycles. The number of hydrazine groups is 1. The molecule has 3 aromatic rings. The molecule has 1 heterocycles. The molecule has 5 heteroatoms. The van der Waals surface area contributed by atoms with E-state index in [1.807, 2.05) is 81.4 Å². The predicted molar refractivity (Wildman–Crippen MR) is 97.0 cm³/mol. The van der Waals surface area contributed by atoms with Gasteiger partial charge in [-0.05, 0) is 38.5 Å². The highest BCUT2D eigenvalue weighted by Gasteiger charge is 2.21. The minimum Gasteiger partial charge on any atom is -0.459 e. The van der Waals surface area contributed by atoms with Gasteiger partial charge < -0.3 is 9.15 Å². The second kappa shape index (κ2) is 6.99. The maximum Gasteiger partial charge on any atom is 0.422 e. The lowest BCUT2D eigenvalue weighted by atomic mass is 10.1. The van der Waals surface area contributed by atoms with E-state index in [9.17, 15) is 4.79 Å². The summed E-state index contributed by atoms with van der Waals surface area (Å²) in [6.45, 7) is 5.46. The Hall–Kier alpha value is -2.79. The molecule has 0 saturated heterocycles. The fourth-order valence-electron chi connectivity index (χ4n) is 2.54. The molecule has 1 amide bonds. The van der Waals surface area contributed by atoms with Gasteiger partial charge in [-0.25, -0.2) is 10.2 Å². The maximum absolute atomic E-state index is 12.0. The lowest BCUT2D eigenvalue weighted by Gasteiger charge is -2.22. The number of benzene rings is 2. The summed E-state index contributed by atoms with van der Waals surface area (Å²) in [4.78, 5) is 12.0. The summed E-state index contributed by atoms with van der Waals surface area (Å²) < 4.78 is 11.2. The van der Waals surface area contributed by atoms with E-state index < -0.39 is 11.7 Å². The quantitative estimate of drug-likeness (QED) is 0.685. The van der Waals surface area contributed by atoms with Crippen molar-refractivity contribution in [3.63, 3.8) is 0 Å². The predicted octanol–water partition coefficient (Wildman–Crippen LogP) is 4.55. The third kappa shape index (κ3) is 4.39. The van der Waals surface area contributed by atoms with E-state index in [2.05, 4.69) is 10.9 Å². The number of carbonyl (C=O) groups excluding carboxylic acids is 1. The van der Waals surface area contributed by atoms with Crippen molar-refractivity contribution in [2.24, 2.45) is 0 Å². The molecule has 130 valence electrons. The maximum atomic E-state index is 12.0. The van der Waals surface area contributed by atoms with Crippen LogP contribution < -0.4 is 10.9 Å². The largest absolute Gasteiger partial charge is 0.459 e. The van der Waals surface area contributed by atoms with Crippen molar-refractivity contribution in [3.05, 3.63) is 72.0 Å². The molecule has 3 rings (SSSR count). The van der Waals surface area contributed by atoms with Crippen LogP contribution >= 0.6 is 0 Å². The number of nitrogens with one attached hydrogen (secondary N) is 2. The SMILES string of the molecule is CC(C)(C)OC(=O)NN[C@H](c1ccccc1)c1cc2ccccc2o1. The van der Waals surface area contributed by atoms with E-state index in [0.717, 1.165) is 16.5 Å². The van der Waals surface area contributed by atoms with Crippen LogP contribution in [0.25, 0.3) is 11.0 Å². The van der Waals surface area contributed by atoms with E-state index in [0.29, 0.717) is 5.76 Å². The van der Waals surface area contributed by atoms with Crippen LogP contribution in [0, 0.1) is 0 Å². The summed E-state index contributed by atoms with van der Waals surface area (Å²) >= 11 is 0. The summed E-state index contributed by atoms with van der Waals surface area (Å²) in [6, 6.07) is 19.2. The Kier molecular flexibility index (Phi) is 4.76. The van der Waals surface area contributed by atoms with E-state index >= 15 is 0 Å². The summed E-state index contributed by atoms with van der Waals surface area (Å²) in [5, 5.41) is 1.01. The van der Waals surface area contributed by atoms with Gasteiger partial charge in [0.05, 0.1) is 0 Å². The van der Waals surface area contributed by atoms with Gasteiger partial charge in [-0.15, -0.1) is 0 Å². The molecule has 2 N–H and O–H groups in total. The molecule has 0 fully saturated rings. The van der Waals surface area contributed by atoms with Crippen LogP contribution in [-0.2, 0) is 4.74 Å². The molecule has 5 nitrogen and oxygen atoms in total. The Balaban J connectivity index is 1.84. The van der Waals surface area contributed by atoms with Crippen LogP contribution in [0.4, 0.5) is 4.79 Å². The topological polar surface area (TPSA) is 63.5 Å². The minimum absolute atomic E-state index is 0.332. The molecular weight excluding hydrogens is 316 g/mol. The van der Waals surface area contributed by atoms with E-state index in [4.69, 9.17) is 9.15 Å². The normalized spacial score (nSPS) is 12.8. The fourth-order valence-corrected chi connectivity index (χ4v) is 2.54. The zero-order valence-corrected chi connectivity index (χ0v) is 14.6. The van der Waals surface area contributed by atoms with Crippen molar-refractivity contribution in [1.29, 1.82) is 0 Å². The Morgan fingerprint density at radius 1 is 1.04 bits per heavy atom. The van der Waals surface area contributed by atoms with Gasteiger partial charge in [-0.3, -0.25) is 5.43 Å². The van der Waals surface area contributed by atoms with Crippen molar-refractivity contribution in [3.8, 4) is 0 Å². The lowest BCUT2D eigenvalue weighted by molar-refractivity contribution is 0.0490. The summed E-state index contributed by atoms with van der Waals surface area (Å²) in [5.41, 5.74) is 6.84. The van der Waals surface area contributed by atoms with Gasteiger partial charge in [-0.2, -0.15) is 0 Å². The van der Waals surface area contributed by atoms with E-state index in [-0.39, 0.29) is 6.04 Å². The Bertz CT molecular complexity index is 817. The van der Waals surface area contributed by atoms with Crippen molar-refractivity contribution in [1.82, 2.24) is 10.9 Å². The Labute approximate surface area is 146 Å². The van der Waals surface area contributed by atoms with Crippen LogP contribution in [0.15, 0.2) is 65.1 Å². The smallest absolute Gasteiger partial charge is 0.422 e. The summed E-state index contributed by atoms with van der Waals surface area (Å²) in [5.74, 6) is 0.712. The molecule has 0 aliphatic heterocycles. The van der Waals surface area contributed by atoms with Crippen LogP contribution in [0.3, 0.4) is 0 Å². The molecule has 0 unspecified atom stereocenters. The van der Waals surface area contributed by atoms with Gasteiger partial charge in [0.25, 0.3) is 0 Å². The van der Waals surface area contributed by atoms with Crippen LogP contribution in [-0.4, -0.2) is 11.7 Å². The van der Waals surface area contributed by atoms with Gasteiger partial charge in [0.2, 0.25) is 0 Å². The van der Waals surface area contributed by atoms with Crippen molar-refractivity contribution in [2.75, 3.05) is 0 Å². The molecular formula is C20H22N2O3. The Morgan fingerprint density at radius 3 is 2.40 bits per heavy atom. The molecule has 1 aromatic heterocycles. The zero-order chi connectivity index (χ0) is 17.9. The molecule has 0 radical (unpaired) electrons. The summed E-state index contributed by atoms with van der Waals surface area (Å²) in [7, 11) is 0. The molecule has 25 heavy (non-hydrogen) atoms. The number of amides is 1. The summed E-state index contributed by atoms with van der Waals surface area (Å²) in [6.07, 6.45) is -0.537. The number of para-hydroxylation sites is 1. The molecule has 1 atom stereocenters. The average Bonchev–Trinajstić information content (AvgIpc) is 2.98. The van der Waals surface area contributed by atoms with Crippen LogP contribution in [0.5, 0.6) is 0 Å². The first kappa shape index (κ1) is 17.0. The lowest BCUT2D eigenvalue weighted by Crippen LogP contribution is -2.43. The second-order valence-corrected chi connectivity index (χ2v) is 6.80. The van der Waals surface area contributed by atoms with Crippen LogP contribution in [0.2, 0.25) is 0 Å². The number of fused-ring (bicyclic) bond motifs is 1. The highest BCUT2D eigenvalue weighted by molar-refractivity contribution is 5.78. The number of ether oxygens (including phenoxy) is 1. The van der Waals surface area contributed by atoms with Crippen molar-refractivity contribution < 1.29 is 13.9 Å². The van der Waals surface area contributed by atoms with Gasteiger partial charge in [-0.1, -0.05) is 48.5 Å². The average molecular weight is 338 g/mol. The number of hydrogen-bond donors (Lipinski definition) is 2. The fraction of sp³-hybridized carbons (Fsp3) is 0.250. The van der Waals surface area contributed by atoms with Gasteiger partial charge in [0.1, 0.15) is 23.0 Å². The monoisotopic (exact) mass is 338 g/mol. The molecule has 0 aliphatic rings. The Morgan fingerprint density at radius 2 is 1.72 bits per heavy atom. The van der Waals surface area contributed by atoms with E-state index in [1.54, 1.807) is 0 Å². The molecule has 0 spiro atoms. The van der Waals surface area contributed by atoms with E-state index in [1.165, 1.54) is 0 Å². The molecule has 2 aromatic carbocycles. The first-order chi connectivity index (χ1) is 11.9. The first-order valence-corrected chi connectivity index (χ1v) is 8.20. The number of hydrogen-bond acceptors (Lipinski definition) is 4. The standard InChI is InChI=1S/C20H22N2O3/c1-20(2,3)25-19(23)22-21-18(14-9-5-4-6-10-14)17-13-15-11-7-8-12-16(15)24-17/h4-13,18,21H,1-3H3,(H,22,23)/t18-/m1/s1. The third-order valence-corrected chi connectivity index (χ3v) is 3.58. The van der Waals surface area contributed by atoms with Gasteiger partial charge >= 0.3 is 6.09 Å². The number of rotatable bonds is 4. The van der Waals surface area contributed by atoms with Crippen molar-refractivity contribution in [2.45, 2.75) is 32.4 Å². The first-order valence-electron chi connectivity index (χ1n) is 8.20. The molecule has 0 aliphatic carbocycles.